The second-order valence-corrected chi connectivity index (χ2v) is 7.70. The van der Waals surface area contributed by atoms with Gasteiger partial charge in [0.25, 0.3) is 0 Å². The van der Waals surface area contributed by atoms with Crippen LogP contribution >= 0.6 is 15.9 Å². The first-order valence-corrected chi connectivity index (χ1v) is 9.36. The van der Waals surface area contributed by atoms with Gasteiger partial charge in [0, 0.05) is 24.3 Å². The summed E-state index contributed by atoms with van der Waals surface area (Å²) in [6.07, 6.45) is 4.88. The van der Waals surface area contributed by atoms with Gasteiger partial charge < -0.3 is 10.2 Å². The third-order valence-electron chi connectivity index (χ3n) is 3.49. The molecule has 0 spiro atoms. The molecule has 0 radical (unpaired) electrons. The zero-order valence-electron chi connectivity index (χ0n) is 12.1. The summed E-state index contributed by atoms with van der Waals surface area (Å²) in [7, 11) is -1.89. The second kappa shape index (κ2) is 7.53. The minimum absolute atomic E-state index is 0.167. The number of hydrogen-bond donors (Lipinski definition) is 2. The molecule has 1 fully saturated rings. The van der Waals surface area contributed by atoms with E-state index in [2.05, 4.69) is 35.9 Å². The molecule has 0 atom stereocenters. The molecule has 1 aromatic heterocycles. The number of halogens is 1. The largest absolute Gasteiger partial charge is 0.372 e. The van der Waals surface area contributed by atoms with Crippen molar-refractivity contribution in [1.82, 2.24) is 14.6 Å². The van der Waals surface area contributed by atoms with Crippen LogP contribution in [0.2, 0.25) is 0 Å². The minimum Gasteiger partial charge on any atom is -0.372 e. The van der Waals surface area contributed by atoms with Crippen LogP contribution in [0.25, 0.3) is 0 Å². The summed E-state index contributed by atoms with van der Waals surface area (Å²) in [5.74, 6) is 0.352. The first-order valence-electron chi connectivity index (χ1n) is 7.08. The maximum atomic E-state index is 12.3. The first-order chi connectivity index (χ1) is 10.0. The fourth-order valence-corrected chi connectivity index (χ4v) is 4.15. The van der Waals surface area contributed by atoms with Crippen LogP contribution in [-0.2, 0) is 10.0 Å². The van der Waals surface area contributed by atoms with Gasteiger partial charge in [0.2, 0.25) is 10.0 Å². The first kappa shape index (κ1) is 16.7. The van der Waals surface area contributed by atoms with Crippen molar-refractivity contribution >= 4 is 31.8 Å². The number of hydrogen-bond acceptors (Lipinski definition) is 5. The fourth-order valence-electron chi connectivity index (χ4n) is 2.41. The van der Waals surface area contributed by atoms with E-state index in [0.717, 1.165) is 26.1 Å². The molecule has 1 aliphatic heterocycles. The lowest BCUT2D eigenvalue weighted by Gasteiger charge is -2.15. The fraction of sp³-hybridized carbons (Fsp3) is 0.615. The van der Waals surface area contributed by atoms with E-state index in [0.29, 0.717) is 16.8 Å². The van der Waals surface area contributed by atoms with E-state index in [1.807, 2.05) is 0 Å². The van der Waals surface area contributed by atoms with E-state index in [4.69, 9.17) is 0 Å². The molecule has 0 aromatic carbocycles. The van der Waals surface area contributed by atoms with Gasteiger partial charge in [-0.25, -0.2) is 18.1 Å². The van der Waals surface area contributed by atoms with Gasteiger partial charge >= 0.3 is 0 Å². The number of anilines is 1. The second-order valence-electron chi connectivity index (χ2n) is 5.05. The average Bonchev–Trinajstić information content (AvgIpc) is 2.97. The van der Waals surface area contributed by atoms with Crippen LogP contribution in [0.4, 0.5) is 5.82 Å². The highest BCUT2D eigenvalue weighted by Gasteiger charge is 2.19. The Morgan fingerprint density at radius 2 is 2.10 bits per heavy atom. The van der Waals surface area contributed by atoms with Crippen LogP contribution in [-0.4, -0.2) is 51.5 Å². The normalized spacial score (nSPS) is 16.3. The van der Waals surface area contributed by atoms with Crippen LogP contribution in [0.1, 0.15) is 19.3 Å². The molecule has 118 valence electrons. The Morgan fingerprint density at radius 3 is 2.76 bits per heavy atom. The van der Waals surface area contributed by atoms with Crippen molar-refractivity contribution in [2.24, 2.45) is 0 Å². The maximum absolute atomic E-state index is 12.3. The van der Waals surface area contributed by atoms with Gasteiger partial charge in [-0.15, -0.1) is 0 Å². The Bertz CT molecular complexity index is 574. The van der Waals surface area contributed by atoms with Gasteiger partial charge in [0.15, 0.2) is 0 Å². The van der Waals surface area contributed by atoms with E-state index < -0.39 is 10.0 Å². The number of sulfonamides is 1. The highest BCUT2D eigenvalue weighted by molar-refractivity contribution is 9.10. The molecule has 0 saturated carbocycles. The average molecular weight is 377 g/mol. The van der Waals surface area contributed by atoms with Crippen molar-refractivity contribution in [1.29, 1.82) is 0 Å². The Hall–Kier alpha value is -0.700. The van der Waals surface area contributed by atoms with Crippen molar-refractivity contribution in [2.75, 3.05) is 38.5 Å². The Morgan fingerprint density at radius 1 is 1.38 bits per heavy atom. The van der Waals surface area contributed by atoms with Crippen molar-refractivity contribution in [3.63, 3.8) is 0 Å². The predicted molar refractivity (Wildman–Crippen MR) is 87.0 cm³/mol. The molecule has 21 heavy (non-hydrogen) atoms. The molecule has 0 unspecified atom stereocenters. The number of aromatic nitrogens is 1. The molecule has 2 rings (SSSR count). The van der Waals surface area contributed by atoms with Gasteiger partial charge in [-0.05, 0) is 60.9 Å². The molecule has 0 bridgehead atoms. The van der Waals surface area contributed by atoms with Crippen molar-refractivity contribution < 1.29 is 8.42 Å². The lowest BCUT2D eigenvalue weighted by atomic mass is 10.4. The Balaban J connectivity index is 1.93. The molecule has 0 aliphatic carbocycles. The number of nitrogens with zero attached hydrogens (tertiary/aromatic N) is 2. The zero-order valence-corrected chi connectivity index (χ0v) is 14.5. The lowest BCUT2D eigenvalue weighted by molar-refractivity contribution is 0.334. The Kier molecular flexibility index (Phi) is 5.98. The smallest absolute Gasteiger partial charge is 0.244 e. The van der Waals surface area contributed by atoms with Crippen LogP contribution in [0.5, 0.6) is 0 Å². The topological polar surface area (TPSA) is 74.3 Å². The van der Waals surface area contributed by atoms with E-state index >= 15 is 0 Å². The molecule has 8 heteroatoms. The molecule has 1 saturated heterocycles. The Labute approximate surface area is 134 Å². The maximum Gasteiger partial charge on any atom is 0.244 e. The molecular weight excluding hydrogens is 356 g/mol. The number of pyridine rings is 1. The van der Waals surface area contributed by atoms with Gasteiger partial charge in [0.1, 0.15) is 10.7 Å². The summed E-state index contributed by atoms with van der Waals surface area (Å²) in [4.78, 5) is 6.61. The van der Waals surface area contributed by atoms with Crippen LogP contribution in [0.3, 0.4) is 0 Å². The molecule has 0 amide bonds. The third kappa shape index (κ3) is 4.64. The van der Waals surface area contributed by atoms with Crippen LogP contribution in [0.15, 0.2) is 21.6 Å². The highest BCUT2D eigenvalue weighted by Crippen LogP contribution is 2.22. The number of likely N-dealkylation sites (tertiary alicyclic amines) is 1. The quantitative estimate of drug-likeness (QED) is 0.707. The molecule has 1 aliphatic rings. The SMILES string of the molecule is CNc1ncc(Br)cc1S(=O)(=O)NCCCN1CCCC1. The standard InChI is InChI=1S/C13H21BrN4O2S/c1-15-13-12(9-11(14)10-16-13)21(19,20)17-5-4-8-18-6-2-3-7-18/h9-10,17H,2-8H2,1H3,(H,15,16). The predicted octanol–water partition coefficient (Wildman–Crippen LogP) is 1.65. The molecule has 6 nitrogen and oxygen atoms in total. The van der Waals surface area contributed by atoms with Gasteiger partial charge in [-0.3, -0.25) is 0 Å². The monoisotopic (exact) mass is 376 g/mol. The molecular formula is C13H21BrN4O2S. The lowest BCUT2D eigenvalue weighted by Crippen LogP contribution is -2.29. The molecule has 1 aromatic rings. The van der Waals surface area contributed by atoms with Gasteiger partial charge in [-0.1, -0.05) is 0 Å². The van der Waals surface area contributed by atoms with E-state index in [1.54, 1.807) is 19.3 Å². The summed E-state index contributed by atoms with van der Waals surface area (Å²) in [5.41, 5.74) is 0. The summed E-state index contributed by atoms with van der Waals surface area (Å²) in [6, 6.07) is 1.56. The zero-order chi connectivity index (χ0) is 15.3. The number of nitrogens with one attached hydrogen (secondary N) is 2. The van der Waals surface area contributed by atoms with Gasteiger partial charge in [-0.2, -0.15) is 0 Å². The van der Waals surface area contributed by atoms with Crippen LogP contribution in [0, 0.1) is 0 Å². The van der Waals surface area contributed by atoms with Crippen LogP contribution < -0.4 is 10.0 Å². The summed E-state index contributed by atoms with van der Waals surface area (Å²) in [6.45, 7) is 3.64. The molecule has 2 heterocycles. The summed E-state index contributed by atoms with van der Waals surface area (Å²) >= 11 is 3.26. The highest BCUT2D eigenvalue weighted by atomic mass is 79.9. The van der Waals surface area contributed by atoms with E-state index in [9.17, 15) is 8.42 Å². The summed E-state index contributed by atoms with van der Waals surface area (Å²) in [5, 5.41) is 2.80. The minimum atomic E-state index is -3.54. The van der Waals surface area contributed by atoms with E-state index in [-0.39, 0.29) is 4.90 Å². The van der Waals surface area contributed by atoms with Crippen molar-refractivity contribution in [2.45, 2.75) is 24.2 Å². The molecule has 2 N–H and O–H groups in total. The van der Waals surface area contributed by atoms with Gasteiger partial charge in [0.05, 0.1) is 0 Å². The third-order valence-corrected chi connectivity index (χ3v) is 5.40. The van der Waals surface area contributed by atoms with E-state index in [1.165, 1.54) is 12.8 Å². The number of rotatable bonds is 7. The summed E-state index contributed by atoms with van der Waals surface area (Å²) < 4.78 is 28.0. The van der Waals surface area contributed by atoms with Crippen molar-refractivity contribution in [3.05, 3.63) is 16.7 Å². The van der Waals surface area contributed by atoms with Crippen molar-refractivity contribution in [3.8, 4) is 0 Å².